The molecular weight excluding hydrogens is 340 g/mol. The molecule has 4 aromatic rings. The molecule has 5 nitrogen and oxygen atoms in total. The van der Waals surface area contributed by atoms with Gasteiger partial charge >= 0.3 is 0 Å². The third-order valence-electron chi connectivity index (χ3n) is 4.93. The number of hydrogen-bond donors (Lipinski definition) is 3. The smallest absolute Gasteiger partial charge is 0.167 e. The van der Waals surface area contributed by atoms with Crippen molar-refractivity contribution in [3.05, 3.63) is 65.2 Å². The fourth-order valence-electron chi connectivity index (χ4n) is 3.13. The van der Waals surface area contributed by atoms with Gasteiger partial charge in [-0.05, 0) is 62.2 Å². The molecule has 0 aliphatic carbocycles. The molecule has 0 fully saturated rings. The third-order valence-corrected chi connectivity index (χ3v) is 4.93. The molecule has 136 valence electrons. The standard InChI is InChI=1S/C22H20N2O3/c1-12-8-9-15(10-13(12)2)23-18-11-17(21(25)14(3)22(18)26)20-16-6-4-5-7-19(16)27-24-20/h4-11,23,25-26H,1-3H3. The summed E-state index contributed by atoms with van der Waals surface area (Å²) in [6.07, 6.45) is 0. The molecule has 0 atom stereocenters. The van der Waals surface area contributed by atoms with E-state index in [1.165, 1.54) is 5.56 Å². The van der Waals surface area contributed by atoms with Crippen LogP contribution >= 0.6 is 0 Å². The molecule has 0 unspecified atom stereocenters. The number of hydrogen-bond acceptors (Lipinski definition) is 5. The van der Waals surface area contributed by atoms with E-state index in [0.29, 0.717) is 28.1 Å². The number of phenols is 2. The predicted octanol–water partition coefficient (Wildman–Crippen LogP) is 5.57. The topological polar surface area (TPSA) is 78.5 Å². The van der Waals surface area contributed by atoms with Gasteiger partial charge in [0.15, 0.2) is 5.58 Å². The van der Waals surface area contributed by atoms with E-state index >= 15 is 0 Å². The first kappa shape index (κ1) is 17.0. The highest BCUT2D eigenvalue weighted by atomic mass is 16.5. The number of para-hydroxylation sites is 1. The van der Waals surface area contributed by atoms with Crippen LogP contribution in [0.1, 0.15) is 16.7 Å². The molecule has 0 saturated heterocycles. The van der Waals surface area contributed by atoms with Crippen molar-refractivity contribution in [3.8, 4) is 22.8 Å². The molecule has 3 N–H and O–H groups in total. The molecule has 1 heterocycles. The molecular formula is C22H20N2O3. The maximum atomic E-state index is 10.6. The molecule has 4 rings (SSSR count). The van der Waals surface area contributed by atoms with Crippen molar-refractivity contribution in [1.82, 2.24) is 5.16 Å². The maximum Gasteiger partial charge on any atom is 0.167 e. The Morgan fingerprint density at radius 1 is 0.889 bits per heavy atom. The van der Waals surface area contributed by atoms with Crippen LogP contribution in [0.5, 0.6) is 11.5 Å². The molecule has 0 radical (unpaired) electrons. The lowest BCUT2D eigenvalue weighted by Crippen LogP contribution is -1.95. The Balaban J connectivity index is 1.85. The van der Waals surface area contributed by atoms with Crippen LogP contribution in [0.25, 0.3) is 22.2 Å². The van der Waals surface area contributed by atoms with Crippen LogP contribution in [0.15, 0.2) is 53.1 Å². The number of rotatable bonds is 3. The highest BCUT2D eigenvalue weighted by Gasteiger charge is 2.20. The lowest BCUT2D eigenvalue weighted by Gasteiger charge is -2.15. The average Bonchev–Trinajstić information content (AvgIpc) is 3.09. The molecule has 0 amide bonds. The van der Waals surface area contributed by atoms with E-state index in [4.69, 9.17) is 4.52 Å². The molecule has 0 saturated carbocycles. The van der Waals surface area contributed by atoms with Crippen LogP contribution in [-0.2, 0) is 0 Å². The lowest BCUT2D eigenvalue weighted by atomic mass is 10.0. The van der Waals surface area contributed by atoms with Gasteiger partial charge in [-0.15, -0.1) is 0 Å². The summed E-state index contributed by atoms with van der Waals surface area (Å²) >= 11 is 0. The quantitative estimate of drug-likeness (QED) is 0.328. The van der Waals surface area contributed by atoms with Crippen LogP contribution in [0.4, 0.5) is 11.4 Å². The van der Waals surface area contributed by atoms with Crippen LogP contribution in [0, 0.1) is 20.8 Å². The fourth-order valence-corrected chi connectivity index (χ4v) is 3.13. The number of nitrogens with zero attached hydrogens (tertiary/aromatic N) is 1. The molecule has 0 aliphatic rings. The normalized spacial score (nSPS) is 11.1. The number of phenolic OH excluding ortho intramolecular Hbond substituents is 2. The fraction of sp³-hybridized carbons (Fsp3) is 0.136. The molecule has 1 aromatic heterocycles. The van der Waals surface area contributed by atoms with Gasteiger partial charge in [-0.2, -0.15) is 0 Å². The summed E-state index contributed by atoms with van der Waals surface area (Å²) in [5.41, 5.74) is 5.76. The summed E-state index contributed by atoms with van der Waals surface area (Å²) in [7, 11) is 0. The minimum atomic E-state index is -0.0165. The van der Waals surface area contributed by atoms with Crippen LogP contribution in [0.2, 0.25) is 0 Å². The molecule has 27 heavy (non-hydrogen) atoms. The summed E-state index contributed by atoms with van der Waals surface area (Å²) in [6, 6.07) is 15.2. The van der Waals surface area contributed by atoms with Gasteiger partial charge in [0, 0.05) is 22.2 Å². The zero-order valence-electron chi connectivity index (χ0n) is 15.4. The van der Waals surface area contributed by atoms with Gasteiger partial charge in [0.05, 0.1) is 5.69 Å². The Morgan fingerprint density at radius 2 is 1.67 bits per heavy atom. The lowest BCUT2D eigenvalue weighted by molar-refractivity contribution is 0.442. The number of nitrogens with one attached hydrogen (secondary N) is 1. The molecule has 3 aromatic carbocycles. The second kappa shape index (κ2) is 6.36. The number of aromatic nitrogens is 1. The SMILES string of the molecule is Cc1ccc(Nc2cc(-c3noc4ccccc34)c(O)c(C)c2O)cc1C. The minimum absolute atomic E-state index is 0.00211. The Bertz CT molecular complexity index is 1160. The second-order valence-corrected chi connectivity index (χ2v) is 6.75. The van der Waals surface area contributed by atoms with E-state index in [2.05, 4.69) is 17.4 Å². The molecule has 0 spiro atoms. The van der Waals surface area contributed by atoms with Gasteiger partial charge in [-0.1, -0.05) is 23.4 Å². The summed E-state index contributed by atoms with van der Waals surface area (Å²) in [5.74, 6) is -0.0144. The highest BCUT2D eigenvalue weighted by molar-refractivity contribution is 5.95. The van der Waals surface area contributed by atoms with E-state index in [1.54, 1.807) is 13.0 Å². The van der Waals surface area contributed by atoms with Gasteiger partial charge in [-0.25, -0.2) is 0 Å². The maximum absolute atomic E-state index is 10.6. The van der Waals surface area contributed by atoms with Crippen LogP contribution < -0.4 is 5.32 Å². The number of anilines is 2. The largest absolute Gasteiger partial charge is 0.507 e. The minimum Gasteiger partial charge on any atom is -0.507 e. The predicted molar refractivity (Wildman–Crippen MR) is 107 cm³/mol. The van der Waals surface area contributed by atoms with Gasteiger partial charge in [0.1, 0.15) is 17.2 Å². The average molecular weight is 360 g/mol. The first-order valence-electron chi connectivity index (χ1n) is 8.70. The number of aromatic hydroxyl groups is 2. The van der Waals surface area contributed by atoms with Crippen LogP contribution in [-0.4, -0.2) is 15.4 Å². The van der Waals surface area contributed by atoms with Crippen molar-refractivity contribution >= 4 is 22.3 Å². The van der Waals surface area contributed by atoms with Gasteiger partial charge in [0.25, 0.3) is 0 Å². The summed E-state index contributed by atoms with van der Waals surface area (Å²) in [4.78, 5) is 0. The Morgan fingerprint density at radius 3 is 2.44 bits per heavy atom. The Kier molecular flexibility index (Phi) is 4.00. The zero-order valence-corrected chi connectivity index (χ0v) is 15.4. The van der Waals surface area contributed by atoms with Gasteiger partial charge in [0.2, 0.25) is 0 Å². The van der Waals surface area contributed by atoms with Crippen molar-refractivity contribution in [2.24, 2.45) is 0 Å². The van der Waals surface area contributed by atoms with Crippen molar-refractivity contribution in [1.29, 1.82) is 0 Å². The number of aryl methyl sites for hydroxylation is 2. The Hall–Kier alpha value is -3.47. The molecule has 0 bridgehead atoms. The van der Waals surface area contributed by atoms with E-state index in [1.807, 2.05) is 49.4 Å². The second-order valence-electron chi connectivity index (χ2n) is 6.75. The third kappa shape index (κ3) is 2.87. The number of benzene rings is 3. The summed E-state index contributed by atoms with van der Waals surface area (Å²) in [5, 5.41) is 29.3. The summed E-state index contributed by atoms with van der Waals surface area (Å²) < 4.78 is 5.37. The van der Waals surface area contributed by atoms with Crippen molar-refractivity contribution < 1.29 is 14.7 Å². The van der Waals surface area contributed by atoms with E-state index in [9.17, 15) is 10.2 Å². The van der Waals surface area contributed by atoms with Gasteiger partial charge < -0.3 is 20.1 Å². The monoisotopic (exact) mass is 360 g/mol. The first-order valence-corrected chi connectivity index (χ1v) is 8.70. The van der Waals surface area contributed by atoms with Crippen molar-refractivity contribution in [3.63, 3.8) is 0 Å². The van der Waals surface area contributed by atoms with Crippen LogP contribution in [0.3, 0.4) is 0 Å². The Labute approximate surface area is 156 Å². The molecule has 0 aliphatic heterocycles. The zero-order chi connectivity index (χ0) is 19.1. The van der Waals surface area contributed by atoms with Crippen molar-refractivity contribution in [2.45, 2.75) is 20.8 Å². The van der Waals surface area contributed by atoms with E-state index < -0.39 is 0 Å². The van der Waals surface area contributed by atoms with Gasteiger partial charge in [-0.3, -0.25) is 0 Å². The molecule has 5 heteroatoms. The van der Waals surface area contributed by atoms with Crippen molar-refractivity contribution in [2.75, 3.05) is 5.32 Å². The van der Waals surface area contributed by atoms with E-state index in [0.717, 1.165) is 16.6 Å². The van der Waals surface area contributed by atoms with E-state index in [-0.39, 0.29) is 11.5 Å². The summed E-state index contributed by atoms with van der Waals surface area (Å²) in [6.45, 7) is 5.76. The highest BCUT2D eigenvalue weighted by Crippen LogP contribution is 2.44. The first-order chi connectivity index (χ1) is 13.0. The number of fused-ring (bicyclic) bond motifs is 1.